The third kappa shape index (κ3) is 3.26. The lowest BCUT2D eigenvalue weighted by Crippen LogP contribution is -2.41. The summed E-state index contributed by atoms with van der Waals surface area (Å²) in [7, 11) is 0. The van der Waals surface area contributed by atoms with Crippen LogP contribution in [-0.2, 0) is 0 Å². The quantitative estimate of drug-likeness (QED) is 0.875. The highest BCUT2D eigenvalue weighted by atomic mass is 19.1. The molecule has 2 rings (SSSR count). The van der Waals surface area contributed by atoms with E-state index in [1.54, 1.807) is 4.90 Å². The highest BCUT2D eigenvalue weighted by molar-refractivity contribution is 5.93. The van der Waals surface area contributed by atoms with Gasteiger partial charge in [0.1, 0.15) is 5.82 Å². The summed E-state index contributed by atoms with van der Waals surface area (Å²) < 4.78 is 13.6. The fourth-order valence-electron chi connectivity index (χ4n) is 2.32. The third-order valence-electron chi connectivity index (χ3n) is 3.40. The molecule has 1 heterocycles. The molecule has 5 nitrogen and oxygen atoms in total. The molecule has 0 aliphatic carbocycles. The van der Waals surface area contributed by atoms with Crippen molar-refractivity contribution >= 4 is 17.7 Å². The Kier molecular flexibility index (Phi) is 4.22. The summed E-state index contributed by atoms with van der Waals surface area (Å²) in [6.45, 7) is 3.33. The summed E-state index contributed by atoms with van der Waals surface area (Å²) in [4.78, 5) is 24.5. The second-order valence-electron chi connectivity index (χ2n) is 5.12. The first-order chi connectivity index (χ1) is 9.47. The molecule has 1 fully saturated rings. The van der Waals surface area contributed by atoms with Crippen molar-refractivity contribution < 1.29 is 19.1 Å². The van der Waals surface area contributed by atoms with Crippen LogP contribution in [0.5, 0.6) is 0 Å². The van der Waals surface area contributed by atoms with Gasteiger partial charge in [-0.25, -0.2) is 14.0 Å². The van der Waals surface area contributed by atoms with Gasteiger partial charge < -0.3 is 15.3 Å². The lowest BCUT2D eigenvalue weighted by atomic mass is 10.0. The number of halogens is 1. The molecule has 1 unspecified atom stereocenters. The highest BCUT2D eigenvalue weighted by Gasteiger charge is 2.21. The molecular formula is C14H17FN2O3. The second kappa shape index (κ2) is 5.90. The van der Waals surface area contributed by atoms with Crippen molar-refractivity contribution in [1.29, 1.82) is 0 Å². The van der Waals surface area contributed by atoms with E-state index in [-0.39, 0.29) is 11.3 Å². The number of likely N-dealkylation sites (tertiary alicyclic amines) is 1. The van der Waals surface area contributed by atoms with E-state index >= 15 is 0 Å². The van der Waals surface area contributed by atoms with Gasteiger partial charge in [-0.1, -0.05) is 6.92 Å². The number of aromatic carboxylic acids is 1. The maximum Gasteiger partial charge on any atom is 0.335 e. The number of amides is 2. The summed E-state index contributed by atoms with van der Waals surface area (Å²) in [6, 6.07) is 2.94. The number of rotatable bonds is 2. The Hall–Kier alpha value is -2.11. The number of carboxylic acid groups (broad SMARTS) is 1. The van der Waals surface area contributed by atoms with E-state index in [0.717, 1.165) is 31.0 Å². The molecule has 0 bridgehead atoms. The predicted octanol–water partition coefficient (Wildman–Crippen LogP) is 2.79. The average Bonchev–Trinajstić information content (AvgIpc) is 2.41. The van der Waals surface area contributed by atoms with Crippen LogP contribution in [0.3, 0.4) is 0 Å². The topological polar surface area (TPSA) is 69.6 Å². The SMILES string of the molecule is CC1CCCN(C(=O)Nc2cc(C(=O)O)ccc2F)C1. The lowest BCUT2D eigenvalue weighted by Gasteiger charge is -2.31. The fraction of sp³-hybridized carbons (Fsp3) is 0.429. The summed E-state index contributed by atoms with van der Waals surface area (Å²) in [5, 5.41) is 11.3. The Labute approximate surface area is 116 Å². The summed E-state index contributed by atoms with van der Waals surface area (Å²) in [6.07, 6.45) is 2.00. The fourth-order valence-corrected chi connectivity index (χ4v) is 2.32. The van der Waals surface area contributed by atoms with Crippen LogP contribution in [0, 0.1) is 11.7 Å². The third-order valence-corrected chi connectivity index (χ3v) is 3.40. The zero-order chi connectivity index (χ0) is 14.7. The van der Waals surface area contributed by atoms with Crippen LogP contribution in [0.2, 0.25) is 0 Å². The molecule has 0 spiro atoms. The smallest absolute Gasteiger partial charge is 0.335 e. The first-order valence-corrected chi connectivity index (χ1v) is 6.56. The lowest BCUT2D eigenvalue weighted by molar-refractivity contribution is 0.0697. The first kappa shape index (κ1) is 14.3. The van der Waals surface area contributed by atoms with Gasteiger partial charge in [-0.3, -0.25) is 0 Å². The first-order valence-electron chi connectivity index (χ1n) is 6.56. The van der Waals surface area contributed by atoms with Gasteiger partial charge in [0.15, 0.2) is 0 Å². The van der Waals surface area contributed by atoms with Crippen molar-refractivity contribution in [2.45, 2.75) is 19.8 Å². The van der Waals surface area contributed by atoms with Gasteiger partial charge >= 0.3 is 12.0 Å². The number of carboxylic acids is 1. The Morgan fingerprint density at radius 1 is 1.45 bits per heavy atom. The number of hydrogen-bond donors (Lipinski definition) is 2. The Balaban J connectivity index is 2.10. The molecule has 1 aliphatic heterocycles. The van der Waals surface area contributed by atoms with E-state index in [1.165, 1.54) is 0 Å². The van der Waals surface area contributed by atoms with E-state index in [0.29, 0.717) is 19.0 Å². The van der Waals surface area contributed by atoms with Crippen LogP contribution in [0.25, 0.3) is 0 Å². The second-order valence-corrected chi connectivity index (χ2v) is 5.12. The van der Waals surface area contributed by atoms with Gasteiger partial charge in [0.05, 0.1) is 11.3 Å². The predicted molar refractivity (Wildman–Crippen MR) is 72.3 cm³/mol. The maximum atomic E-state index is 13.6. The van der Waals surface area contributed by atoms with E-state index in [4.69, 9.17) is 5.11 Å². The van der Waals surface area contributed by atoms with Crippen molar-refractivity contribution in [1.82, 2.24) is 4.90 Å². The molecule has 0 radical (unpaired) electrons. The van der Waals surface area contributed by atoms with Crippen LogP contribution in [0.1, 0.15) is 30.1 Å². The largest absolute Gasteiger partial charge is 0.478 e. The molecule has 108 valence electrons. The Morgan fingerprint density at radius 2 is 2.20 bits per heavy atom. The van der Waals surface area contributed by atoms with E-state index in [2.05, 4.69) is 12.2 Å². The molecule has 6 heteroatoms. The average molecular weight is 280 g/mol. The maximum absolute atomic E-state index is 13.6. The van der Waals surface area contributed by atoms with Crippen LogP contribution in [-0.4, -0.2) is 35.1 Å². The molecule has 2 amide bonds. The van der Waals surface area contributed by atoms with Gasteiger partial charge in [-0.15, -0.1) is 0 Å². The van der Waals surface area contributed by atoms with Crippen molar-refractivity contribution in [2.24, 2.45) is 5.92 Å². The monoisotopic (exact) mass is 280 g/mol. The number of carbonyl (C=O) groups excluding carboxylic acids is 1. The molecular weight excluding hydrogens is 263 g/mol. The highest BCUT2D eigenvalue weighted by Crippen LogP contribution is 2.19. The number of benzene rings is 1. The van der Waals surface area contributed by atoms with Crippen molar-refractivity contribution in [2.75, 3.05) is 18.4 Å². The van der Waals surface area contributed by atoms with Crippen LogP contribution in [0.15, 0.2) is 18.2 Å². The molecule has 0 saturated carbocycles. The number of anilines is 1. The number of hydrogen-bond acceptors (Lipinski definition) is 2. The van der Waals surface area contributed by atoms with E-state index in [1.807, 2.05) is 0 Å². The standard InChI is InChI=1S/C14H17FN2O3/c1-9-3-2-6-17(8-9)14(20)16-12-7-10(13(18)19)4-5-11(12)15/h4-5,7,9H,2-3,6,8H2,1H3,(H,16,20)(H,18,19). The summed E-state index contributed by atoms with van der Waals surface area (Å²) in [5.41, 5.74) is -0.165. The summed E-state index contributed by atoms with van der Waals surface area (Å²) in [5.74, 6) is -1.38. The molecule has 1 aromatic rings. The zero-order valence-corrected chi connectivity index (χ0v) is 11.2. The van der Waals surface area contributed by atoms with E-state index < -0.39 is 17.8 Å². The minimum Gasteiger partial charge on any atom is -0.478 e. The van der Waals surface area contributed by atoms with Gasteiger partial charge in [-0.2, -0.15) is 0 Å². The number of carbonyl (C=O) groups is 2. The van der Waals surface area contributed by atoms with Crippen molar-refractivity contribution in [3.8, 4) is 0 Å². The molecule has 1 saturated heterocycles. The minimum absolute atomic E-state index is 0.0614. The number of urea groups is 1. The number of nitrogens with zero attached hydrogens (tertiary/aromatic N) is 1. The van der Waals surface area contributed by atoms with Crippen LogP contribution < -0.4 is 5.32 Å². The van der Waals surface area contributed by atoms with E-state index in [9.17, 15) is 14.0 Å². The Morgan fingerprint density at radius 3 is 2.85 bits per heavy atom. The van der Waals surface area contributed by atoms with Gasteiger partial charge in [-0.05, 0) is 37.0 Å². The van der Waals surface area contributed by atoms with Crippen LogP contribution in [0.4, 0.5) is 14.9 Å². The van der Waals surface area contributed by atoms with Crippen molar-refractivity contribution in [3.05, 3.63) is 29.6 Å². The van der Waals surface area contributed by atoms with Gasteiger partial charge in [0, 0.05) is 13.1 Å². The van der Waals surface area contributed by atoms with Gasteiger partial charge in [0.2, 0.25) is 0 Å². The minimum atomic E-state index is -1.16. The Bertz CT molecular complexity index is 533. The van der Waals surface area contributed by atoms with Crippen molar-refractivity contribution in [3.63, 3.8) is 0 Å². The normalized spacial score (nSPS) is 18.7. The number of piperidine rings is 1. The zero-order valence-electron chi connectivity index (χ0n) is 11.2. The molecule has 0 aromatic heterocycles. The molecule has 2 N–H and O–H groups in total. The molecule has 1 atom stereocenters. The summed E-state index contributed by atoms with van der Waals surface area (Å²) >= 11 is 0. The molecule has 1 aromatic carbocycles. The van der Waals surface area contributed by atoms with Crippen LogP contribution >= 0.6 is 0 Å². The van der Waals surface area contributed by atoms with Gasteiger partial charge in [0.25, 0.3) is 0 Å². The molecule has 20 heavy (non-hydrogen) atoms. The molecule has 1 aliphatic rings. The number of nitrogens with one attached hydrogen (secondary N) is 1.